The fourth-order valence-electron chi connectivity index (χ4n) is 2.58. The molecule has 1 N–H and O–H groups in total. The first-order chi connectivity index (χ1) is 8.65. The Kier molecular flexibility index (Phi) is 3.13. The molecule has 1 fully saturated rings. The van der Waals surface area contributed by atoms with Crippen molar-refractivity contribution in [3.05, 3.63) is 35.4 Å². The van der Waals surface area contributed by atoms with Crippen molar-refractivity contribution in [2.24, 2.45) is 5.92 Å². The first-order valence-corrected chi connectivity index (χ1v) is 8.01. The number of rotatable bonds is 3. The van der Waals surface area contributed by atoms with Crippen molar-refractivity contribution in [1.82, 2.24) is 9.62 Å². The van der Waals surface area contributed by atoms with Crippen molar-refractivity contribution in [3.8, 4) is 0 Å². The lowest BCUT2D eigenvalue weighted by atomic mass is 10.0. The number of hydrogen-bond donors (Lipinski definition) is 1. The largest absolute Gasteiger partial charge is 0.316 e. The minimum absolute atomic E-state index is 0.294. The highest BCUT2D eigenvalue weighted by Crippen LogP contribution is 2.22. The standard InChI is InChI=1S/C13H18N2O2S/c16-18(17,10-11-7-14-8-11)15-6-5-12-3-1-2-4-13(12)9-15/h1-4,11,14H,5-10H2. The van der Waals surface area contributed by atoms with E-state index >= 15 is 0 Å². The molecule has 18 heavy (non-hydrogen) atoms. The Labute approximate surface area is 108 Å². The van der Waals surface area contributed by atoms with Crippen LogP contribution in [0.5, 0.6) is 0 Å². The molecule has 5 heteroatoms. The van der Waals surface area contributed by atoms with Gasteiger partial charge >= 0.3 is 0 Å². The van der Waals surface area contributed by atoms with E-state index < -0.39 is 10.0 Å². The van der Waals surface area contributed by atoms with E-state index in [2.05, 4.69) is 11.4 Å². The summed E-state index contributed by atoms with van der Waals surface area (Å²) in [7, 11) is -3.09. The summed E-state index contributed by atoms with van der Waals surface area (Å²) in [4.78, 5) is 0. The Morgan fingerprint density at radius 1 is 1.22 bits per heavy atom. The fraction of sp³-hybridized carbons (Fsp3) is 0.538. The molecule has 0 radical (unpaired) electrons. The van der Waals surface area contributed by atoms with Crippen LogP contribution >= 0.6 is 0 Å². The maximum absolute atomic E-state index is 12.3. The van der Waals surface area contributed by atoms with Gasteiger partial charge in [-0.25, -0.2) is 8.42 Å². The molecular formula is C13H18N2O2S. The number of hydrogen-bond acceptors (Lipinski definition) is 3. The van der Waals surface area contributed by atoms with Gasteiger partial charge in [-0.05, 0) is 23.5 Å². The fourth-order valence-corrected chi connectivity index (χ4v) is 4.32. The van der Waals surface area contributed by atoms with Gasteiger partial charge in [-0.1, -0.05) is 24.3 Å². The molecule has 0 bridgehead atoms. The number of nitrogens with zero attached hydrogens (tertiary/aromatic N) is 1. The lowest BCUT2D eigenvalue weighted by Crippen LogP contribution is -2.48. The van der Waals surface area contributed by atoms with E-state index in [4.69, 9.17) is 0 Å². The SMILES string of the molecule is O=S(=O)(CC1CNC1)N1CCc2ccccc2C1. The van der Waals surface area contributed by atoms with E-state index in [9.17, 15) is 8.42 Å². The summed E-state index contributed by atoms with van der Waals surface area (Å²) in [6.45, 7) is 2.84. The molecule has 0 saturated carbocycles. The Bertz CT molecular complexity index is 538. The topological polar surface area (TPSA) is 49.4 Å². The lowest BCUT2D eigenvalue weighted by Gasteiger charge is -2.32. The third-order valence-electron chi connectivity index (χ3n) is 3.80. The summed E-state index contributed by atoms with van der Waals surface area (Å²) in [5, 5.41) is 3.12. The van der Waals surface area contributed by atoms with Crippen molar-refractivity contribution in [2.45, 2.75) is 13.0 Å². The van der Waals surface area contributed by atoms with E-state index in [-0.39, 0.29) is 0 Å². The van der Waals surface area contributed by atoms with Crippen molar-refractivity contribution in [3.63, 3.8) is 0 Å². The molecule has 3 rings (SSSR count). The monoisotopic (exact) mass is 266 g/mol. The molecular weight excluding hydrogens is 248 g/mol. The van der Waals surface area contributed by atoms with Gasteiger partial charge in [0, 0.05) is 26.2 Å². The van der Waals surface area contributed by atoms with Crippen molar-refractivity contribution < 1.29 is 8.42 Å². The molecule has 1 saturated heterocycles. The van der Waals surface area contributed by atoms with E-state index in [0.717, 1.165) is 25.1 Å². The summed E-state index contributed by atoms with van der Waals surface area (Å²) in [5.41, 5.74) is 2.44. The number of fused-ring (bicyclic) bond motifs is 1. The molecule has 2 aliphatic rings. The van der Waals surface area contributed by atoms with Gasteiger partial charge in [0.25, 0.3) is 0 Å². The minimum atomic E-state index is -3.09. The van der Waals surface area contributed by atoms with E-state index in [1.54, 1.807) is 4.31 Å². The van der Waals surface area contributed by atoms with Gasteiger partial charge in [0.15, 0.2) is 0 Å². The van der Waals surface area contributed by atoms with Crippen LogP contribution in [0.3, 0.4) is 0 Å². The molecule has 98 valence electrons. The highest BCUT2D eigenvalue weighted by atomic mass is 32.2. The van der Waals surface area contributed by atoms with Gasteiger partial charge in [-0.2, -0.15) is 4.31 Å². The van der Waals surface area contributed by atoms with Gasteiger partial charge in [0.05, 0.1) is 5.75 Å². The predicted molar refractivity (Wildman–Crippen MR) is 70.7 cm³/mol. The quantitative estimate of drug-likeness (QED) is 0.871. The van der Waals surface area contributed by atoms with E-state index in [0.29, 0.717) is 24.8 Å². The highest BCUT2D eigenvalue weighted by Gasteiger charge is 2.31. The molecule has 1 aromatic rings. The summed E-state index contributed by atoms with van der Waals surface area (Å²) < 4.78 is 26.2. The average molecular weight is 266 g/mol. The van der Waals surface area contributed by atoms with Gasteiger partial charge in [-0.3, -0.25) is 0 Å². The Morgan fingerprint density at radius 3 is 2.61 bits per heavy atom. The molecule has 0 unspecified atom stereocenters. The predicted octanol–water partition coefficient (Wildman–Crippen LogP) is 0.594. The summed E-state index contributed by atoms with van der Waals surface area (Å²) in [6.07, 6.45) is 0.832. The molecule has 2 heterocycles. The molecule has 1 aromatic carbocycles. The van der Waals surface area contributed by atoms with E-state index in [1.807, 2.05) is 18.2 Å². The van der Waals surface area contributed by atoms with Gasteiger partial charge in [0.2, 0.25) is 10.0 Å². The third kappa shape index (κ3) is 2.30. The molecule has 4 nitrogen and oxygen atoms in total. The lowest BCUT2D eigenvalue weighted by molar-refractivity contribution is 0.352. The zero-order valence-electron chi connectivity index (χ0n) is 10.3. The van der Waals surface area contributed by atoms with Crippen molar-refractivity contribution in [1.29, 1.82) is 0 Å². The van der Waals surface area contributed by atoms with Crippen molar-refractivity contribution in [2.75, 3.05) is 25.4 Å². The second-order valence-electron chi connectivity index (χ2n) is 5.16. The van der Waals surface area contributed by atoms with Crippen LogP contribution < -0.4 is 5.32 Å². The first-order valence-electron chi connectivity index (χ1n) is 6.40. The molecule has 0 spiro atoms. The van der Waals surface area contributed by atoms with Crippen LogP contribution in [0.2, 0.25) is 0 Å². The summed E-state index contributed by atoms with van der Waals surface area (Å²) in [5.74, 6) is 0.592. The smallest absolute Gasteiger partial charge is 0.214 e. The zero-order valence-corrected chi connectivity index (χ0v) is 11.1. The second-order valence-corrected chi connectivity index (χ2v) is 7.17. The van der Waals surface area contributed by atoms with Gasteiger partial charge in [-0.15, -0.1) is 0 Å². The molecule has 0 atom stereocenters. The summed E-state index contributed by atoms with van der Waals surface area (Å²) >= 11 is 0. The molecule has 0 amide bonds. The minimum Gasteiger partial charge on any atom is -0.316 e. The number of benzene rings is 1. The molecule has 2 aliphatic heterocycles. The highest BCUT2D eigenvalue weighted by molar-refractivity contribution is 7.89. The Balaban J connectivity index is 1.74. The van der Waals surface area contributed by atoms with Crippen molar-refractivity contribution >= 4 is 10.0 Å². The van der Waals surface area contributed by atoms with Gasteiger partial charge < -0.3 is 5.32 Å². The van der Waals surface area contributed by atoms with Crippen LogP contribution in [-0.2, 0) is 23.0 Å². The average Bonchev–Trinajstić information content (AvgIpc) is 2.33. The Morgan fingerprint density at radius 2 is 1.94 bits per heavy atom. The second kappa shape index (κ2) is 4.64. The van der Waals surface area contributed by atoms with Crippen LogP contribution in [0.25, 0.3) is 0 Å². The number of nitrogens with one attached hydrogen (secondary N) is 1. The van der Waals surface area contributed by atoms with Crippen LogP contribution in [0.4, 0.5) is 0 Å². The summed E-state index contributed by atoms with van der Waals surface area (Å²) in [6, 6.07) is 8.12. The Hall–Kier alpha value is -0.910. The zero-order chi connectivity index (χ0) is 12.6. The normalized spacial score (nSPS) is 21.3. The van der Waals surface area contributed by atoms with Crippen LogP contribution in [-0.4, -0.2) is 38.1 Å². The van der Waals surface area contributed by atoms with Crippen LogP contribution in [0.15, 0.2) is 24.3 Å². The first kappa shape index (κ1) is 12.1. The van der Waals surface area contributed by atoms with Crippen LogP contribution in [0, 0.1) is 5.92 Å². The number of sulfonamides is 1. The molecule has 0 aliphatic carbocycles. The maximum Gasteiger partial charge on any atom is 0.214 e. The molecule has 0 aromatic heterocycles. The maximum atomic E-state index is 12.3. The van der Waals surface area contributed by atoms with Crippen LogP contribution in [0.1, 0.15) is 11.1 Å². The third-order valence-corrected chi connectivity index (χ3v) is 5.79. The van der Waals surface area contributed by atoms with E-state index in [1.165, 1.54) is 5.56 Å². The van der Waals surface area contributed by atoms with Gasteiger partial charge in [0.1, 0.15) is 0 Å².